The molecular weight excluding hydrogens is 515 g/mol. The number of hydrogen-bond acceptors (Lipinski definition) is 5. The van der Waals surface area contributed by atoms with Crippen LogP contribution in [0.5, 0.6) is 5.75 Å². The standard InChI is InChI=1S/C28H32F3N3O5/c1-32-24(36)18-39-22-11-7-6-10-20(22)21-17-33-23(35)16-26(21)12-14-34(15-13-26)25(37)27(38-2,28(29,30)31)19-8-4-3-5-9-19/h3-11,21H,12-18H2,1-2H3,(H,32,36)(H,33,35)/t21?,27-/m1/s1. The number of methoxy groups -OCH3 is 1. The monoisotopic (exact) mass is 547 g/mol. The number of hydrogen-bond donors (Lipinski definition) is 2. The third-order valence-corrected chi connectivity index (χ3v) is 7.92. The first-order chi connectivity index (χ1) is 18.6. The number of piperidine rings is 2. The highest BCUT2D eigenvalue weighted by Gasteiger charge is 2.64. The third kappa shape index (κ3) is 5.32. The Hall–Kier alpha value is -3.60. The number of carbonyl (C=O) groups is 3. The molecule has 0 aromatic heterocycles. The maximum Gasteiger partial charge on any atom is 0.430 e. The van der Waals surface area contributed by atoms with Gasteiger partial charge in [0, 0.05) is 51.7 Å². The van der Waals surface area contributed by atoms with Crippen molar-refractivity contribution in [1.82, 2.24) is 15.5 Å². The Morgan fingerprint density at radius 1 is 1.08 bits per heavy atom. The van der Waals surface area contributed by atoms with Gasteiger partial charge in [0.05, 0.1) is 0 Å². The maximum atomic E-state index is 14.5. The molecule has 0 aliphatic carbocycles. The molecule has 39 heavy (non-hydrogen) atoms. The summed E-state index contributed by atoms with van der Waals surface area (Å²) < 4.78 is 54.2. The minimum atomic E-state index is -5.00. The molecule has 1 unspecified atom stereocenters. The lowest BCUT2D eigenvalue weighted by atomic mass is 9.62. The van der Waals surface area contributed by atoms with E-state index in [9.17, 15) is 27.6 Å². The van der Waals surface area contributed by atoms with Gasteiger partial charge in [-0.1, -0.05) is 48.5 Å². The topological polar surface area (TPSA) is 97.0 Å². The van der Waals surface area contributed by atoms with Crippen molar-refractivity contribution in [2.75, 3.05) is 40.4 Å². The van der Waals surface area contributed by atoms with Crippen LogP contribution in [0.3, 0.4) is 0 Å². The van der Waals surface area contributed by atoms with Crippen molar-refractivity contribution in [3.8, 4) is 5.75 Å². The van der Waals surface area contributed by atoms with E-state index in [1.54, 1.807) is 18.2 Å². The lowest BCUT2D eigenvalue weighted by Crippen LogP contribution is -2.60. The van der Waals surface area contributed by atoms with Crippen LogP contribution in [0.15, 0.2) is 54.6 Å². The number of benzene rings is 2. The van der Waals surface area contributed by atoms with Gasteiger partial charge < -0.3 is 25.0 Å². The predicted molar refractivity (Wildman–Crippen MR) is 136 cm³/mol. The Morgan fingerprint density at radius 2 is 1.72 bits per heavy atom. The fraction of sp³-hybridized carbons (Fsp3) is 0.464. The number of amides is 3. The summed E-state index contributed by atoms with van der Waals surface area (Å²) in [6.07, 6.45) is -4.21. The number of para-hydroxylation sites is 1. The molecule has 2 saturated heterocycles. The van der Waals surface area contributed by atoms with Crippen LogP contribution in [0.4, 0.5) is 13.2 Å². The Morgan fingerprint density at radius 3 is 2.33 bits per heavy atom. The van der Waals surface area contributed by atoms with Crippen molar-refractivity contribution in [3.63, 3.8) is 0 Å². The molecule has 8 nitrogen and oxygen atoms in total. The summed E-state index contributed by atoms with van der Waals surface area (Å²) in [4.78, 5) is 39.1. The molecule has 2 atom stereocenters. The fourth-order valence-electron chi connectivity index (χ4n) is 5.80. The zero-order chi connectivity index (χ0) is 28.3. The van der Waals surface area contributed by atoms with Crippen LogP contribution in [-0.4, -0.2) is 69.2 Å². The van der Waals surface area contributed by atoms with Gasteiger partial charge in [0.2, 0.25) is 5.91 Å². The number of nitrogens with one attached hydrogen (secondary N) is 2. The highest BCUT2D eigenvalue weighted by Crippen LogP contribution is 2.52. The summed E-state index contributed by atoms with van der Waals surface area (Å²) >= 11 is 0. The van der Waals surface area contributed by atoms with E-state index in [4.69, 9.17) is 9.47 Å². The molecule has 4 rings (SSSR count). The number of rotatable bonds is 7. The first kappa shape index (κ1) is 28.4. The van der Waals surface area contributed by atoms with Crippen molar-refractivity contribution in [2.24, 2.45) is 5.41 Å². The molecule has 0 bridgehead atoms. The molecule has 210 valence electrons. The Bertz CT molecular complexity index is 1200. The van der Waals surface area contributed by atoms with Crippen molar-refractivity contribution in [3.05, 3.63) is 65.7 Å². The van der Waals surface area contributed by atoms with Gasteiger partial charge in [-0.3, -0.25) is 14.4 Å². The number of carbonyl (C=O) groups excluding carboxylic acids is 3. The molecule has 0 radical (unpaired) electrons. The largest absolute Gasteiger partial charge is 0.483 e. The van der Waals surface area contributed by atoms with Crippen LogP contribution in [0, 0.1) is 5.41 Å². The zero-order valence-electron chi connectivity index (χ0n) is 21.8. The van der Waals surface area contributed by atoms with Crippen LogP contribution in [0.25, 0.3) is 0 Å². The van der Waals surface area contributed by atoms with E-state index >= 15 is 0 Å². The fourth-order valence-corrected chi connectivity index (χ4v) is 5.80. The minimum absolute atomic E-state index is 0.0257. The molecule has 2 N–H and O–H groups in total. The number of ether oxygens (including phenoxy) is 2. The van der Waals surface area contributed by atoms with Crippen molar-refractivity contribution >= 4 is 17.7 Å². The van der Waals surface area contributed by atoms with E-state index in [0.717, 1.165) is 12.7 Å². The summed E-state index contributed by atoms with van der Waals surface area (Å²) in [6.45, 7) is 0.176. The second-order valence-corrected chi connectivity index (χ2v) is 9.94. The number of likely N-dealkylation sites (N-methyl/N-ethyl adjacent to an activating group) is 1. The summed E-state index contributed by atoms with van der Waals surface area (Å²) in [7, 11) is 2.40. The van der Waals surface area contributed by atoms with Gasteiger partial charge in [-0.05, 0) is 29.9 Å². The highest BCUT2D eigenvalue weighted by atomic mass is 19.4. The summed E-state index contributed by atoms with van der Waals surface area (Å²) in [5.74, 6) is -1.35. The number of likely N-dealkylation sites (tertiary alicyclic amines) is 1. The van der Waals surface area contributed by atoms with Gasteiger partial charge >= 0.3 is 6.18 Å². The summed E-state index contributed by atoms with van der Waals surface area (Å²) in [5.41, 5.74) is -3.23. The smallest absolute Gasteiger partial charge is 0.430 e. The molecule has 0 saturated carbocycles. The first-order valence-electron chi connectivity index (χ1n) is 12.7. The minimum Gasteiger partial charge on any atom is -0.483 e. The van der Waals surface area contributed by atoms with E-state index < -0.39 is 23.1 Å². The number of alkyl halides is 3. The van der Waals surface area contributed by atoms with Gasteiger partial charge in [0.25, 0.3) is 17.4 Å². The molecule has 2 aliphatic heterocycles. The van der Waals surface area contributed by atoms with Crippen LogP contribution in [-0.2, 0) is 24.7 Å². The lowest BCUT2D eigenvalue weighted by Gasteiger charge is -2.50. The van der Waals surface area contributed by atoms with Crippen LogP contribution >= 0.6 is 0 Å². The van der Waals surface area contributed by atoms with Crippen molar-refractivity contribution in [1.29, 1.82) is 0 Å². The molecule has 2 aromatic rings. The second-order valence-electron chi connectivity index (χ2n) is 9.94. The maximum absolute atomic E-state index is 14.5. The SMILES string of the molecule is CNC(=O)COc1ccccc1C1CNC(=O)CC12CCN(C(=O)[C@](OC)(c1ccccc1)C(F)(F)F)CC2. The quantitative estimate of drug-likeness (QED) is 0.556. The van der Waals surface area contributed by atoms with E-state index in [1.807, 2.05) is 12.1 Å². The number of nitrogens with zero attached hydrogens (tertiary/aromatic N) is 1. The van der Waals surface area contributed by atoms with Gasteiger partial charge in [0.1, 0.15) is 5.75 Å². The average Bonchev–Trinajstić information content (AvgIpc) is 2.93. The molecule has 1 spiro atoms. The molecule has 11 heteroatoms. The Kier molecular flexibility index (Phi) is 8.20. The average molecular weight is 548 g/mol. The van der Waals surface area contributed by atoms with E-state index in [1.165, 1.54) is 36.2 Å². The van der Waals surface area contributed by atoms with Gasteiger partial charge in [-0.15, -0.1) is 0 Å². The van der Waals surface area contributed by atoms with Crippen LogP contribution < -0.4 is 15.4 Å². The Labute approximate surface area is 224 Å². The zero-order valence-corrected chi connectivity index (χ0v) is 21.8. The molecule has 2 aromatic carbocycles. The Balaban J connectivity index is 1.61. The van der Waals surface area contributed by atoms with E-state index in [0.29, 0.717) is 25.1 Å². The lowest BCUT2D eigenvalue weighted by molar-refractivity contribution is -0.271. The van der Waals surface area contributed by atoms with Crippen LogP contribution in [0.2, 0.25) is 0 Å². The highest BCUT2D eigenvalue weighted by molar-refractivity contribution is 5.88. The summed E-state index contributed by atoms with van der Waals surface area (Å²) in [6, 6.07) is 14.1. The van der Waals surface area contributed by atoms with Gasteiger partial charge in [-0.25, -0.2) is 0 Å². The molecule has 2 fully saturated rings. The normalized spacial score (nSPS) is 20.6. The second kappa shape index (κ2) is 11.3. The van der Waals surface area contributed by atoms with E-state index in [2.05, 4.69) is 10.6 Å². The third-order valence-electron chi connectivity index (χ3n) is 7.92. The van der Waals surface area contributed by atoms with Crippen molar-refractivity contribution in [2.45, 2.75) is 37.0 Å². The number of halogens is 3. The molecule has 3 amide bonds. The van der Waals surface area contributed by atoms with Gasteiger partial charge in [-0.2, -0.15) is 13.2 Å². The van der Waals surface area contributed by atoms with E-state index in [-0.39, 0.29) is 49.4 Å². The van der Waals surface area contributed by atoms with Crippen molar-refractivity contribution < 1.29 is 37.0 Å². The first-order valence-corrected chi connectivity index (χ1v) is 12.7. The van der Waals surface area contributed by atoms with Gasteiger partial charge in [0.15, 0.2) is 6.61 Å². The van der Waals surface area contributed by atoms with Crippen LogP contribution in [0.1, 0.15) is 36.3 Å². The predicted octanol–water partition coefficient (Wildman–Crippen LogP) is 3.13. The molecule has 2 heterocycles. The summed E-state index contributed by atoms with van der Waals surface area (Å²) in [5, 5.41) is 5.39. The molecule has 2 aliphatic rings. The molecular formula is C28H32F3N3O5.